The van der Waals surface area contributed by atoms with Crippen LogP contribution in [0.25, 0.3) is 0 Å². The fraction of sp³-hybridized carbons (Fsp3) is 0.692. The number of rotatable bonds is 4. The molecule has 1 N–H and O–H groups in total. The van der Waals surface area contributed by atoms with Crippen molar-refractivity contribution in [2.75, 3.05) is 5.32 Å². The van der Waals surface area contributed by atoms with Crippen LogP contribution in [0.4, 0.5) is 5.95 Å². The second kappa shape index (κ2) is 5.34. The van der Waals surface area contributed by atoms with Gasteiger partial charge in [-0.1, -0.05) is 20.8 Å². The minimum absolute atomic E-state index is 0.123. The van der Waals surface area contributed by atoms with Gasteiger partial charge in [0.2, 0.25) is 11.8 Å². The van der Waals surface area contributed by atoms with Gasteiger partial charge in [0.1, 0.15) is 0 Å². The molecule has 0 aliphatic rings. The van der Waals surface area contributed by atoms with Crippen LogP contribution in [0.5, 0.6) is 5.88 Å². The Morgan fingerprint density at radius 1 is 1.24 bits per heavy atom. The quantitative estimate of drug-likeness (QED) is 0.874. The molecule has 4 nitrogen and oxygen atoms in total. The van der Waals surface area contributed by atoms with Gasteiger partial charge in [0.25, 0.3) is 0 Å². The van der Waals surface area contributed by atoms with Crippen LogP contribution in [-0.4, -0.2) is 22.1 Å². The fourth-order valence-electron chi connectivity index (χ4n) is 1.13. The summed E-state index contributed by atoms with van der Waals surface area (Å²) in [5.74, 6) is 1.23. The lowest BCUT2D eigenvalue weighted by Gasteiger charge is -2.28. The van der Waals surface area contributed by atoms with Crippen molar-refractivity contribution >= 4 is 5.95 Å². The summed E-state index contributed by atoms with van der Waals surface area (Å²) in [5, 5.41) is 3.29. The summed E-state index contributed by atoms with van der Waals surface area (Å²) < 4.78 is 5.53. The van der Waals surface area contributed by atoms with Crippen LogP contribution >= 0.6 is 0 Å². The molecule has 1 aromatic rings. The lowest BCUT2D eigenvalue weighted by atomic mass is 9.88. The van der Waals surface area contributed by atoms with Crippen LogP contribution in [0, 0.1) is 5.41 Å². The first-order valence-corrected chi connectivity index (χ1v) is 6.05. The Balaban J connectivity index is 2.72. The van der Waals surface area contributed by atoms with Gasteiger partial charge in [-0.2, -0.15) is 4.98 Å². The van der Waals surface area contributed by atoms with Crippen molar-refractivity contribution in [2.24, 2.45) is 5.41 Å². The maximum absolute atomic E-state index is 5.53. The molecule has 96 valence electrons. The molecule has 4 heteroatoms. The van der Waals surface area contributed by atoms with E-state index >= 15 is 0 Å². The normalized spacial score (nSPS) is 13.6. The van der Waals surface area contributed by atoms with Gasteiger partial charge in [-0.15, -0.1) is 0 Å². The summed E-state index contributed by atoms with van der Waals surface area (Å²) in [4.78, 5) is 8.52. The highest BCUT2D eigenvalue weighted by molar-refractivity contribution is 5.29. The van der Waals surface area contributed by atoms with E-state index in [9.17, 15) is 0 Å². The molecule has 0 saturated carbocycles. The predicted molar refractivity (Wildman–Crippen MR) is 70.3 cm³/mol. The van der Waals surface area contributed by atoms with E-state index in [1.165, 1.54) is 0 Å². The largest absolute Gasteiger partial charge is 0.475 e. The van der Waals surface area contributed by atoms with Gasteiger partial charge >= 0.3 is 0 Å². The monoisotopic (exact) mass is 237 g/mol. The molecular weight excluding hydrogens is 214 g/mol. The van der Waals surface area contributed by atoms with Gasteiger partial charge in [0.05, 0.1) is 6.10 Å². The van der Waals surface area contributed by atoms with Crippen molar-refractivity contribution in [2.45, 2.75) is 53.7 Å². The number of ether oxygens (including phenoxy) is 1. The summed E-state index contributed by atoms with van der Waals surface area (Å²) in [5.41, 5.74) is 0.165. The maximum atomic E-state index is 5.53. The van der Waals surface area contributed by atoms with E-state index in [1.807, 2.05) is 13.8 Å². The van der Waals surface area contributed by atoms with Crippen LogP contribution in [0.2, 0.25) is 0 Å². The van der Waals surface area contributed by atoms with Gasteiger partial charge in [0.15, 0.2) is 0 Å². The summed E-state index contributed by atoms with van der Waals surface area (Å²) >= 11 is 0. The lowest BCUT2D eigenvalue weighted by molar-refractivity contribution is 0.232. The van der Waals surface area contributed by atoms with Gasteiger partial charge in [-0.05, 0) is 26.2 Å². The Hall–Kier alpha value is -1.32. The summed E-state index contributed by atoms with van der Waals surface area (Å²) in [7, 11) is 0. The topological polar surface area (TPSA) is 47.0 Å². The third-order valence-corrected chi connectivity index (χ3v) is 2.63. The smallest absolute Gasteiger partial charge is 0.226 e. The first-order chi connectivity index (χ1) is 7.79. The number of anilines is 1. The van der Waals surface area contributed by atoms with E-state index in [0.717, 1.165) is 0 Å². The molecule has 1 rings (SSSR count). The number of aromatic nitrogens is 2. The van der Waals surface area contributed by atoms with Crippen molar-refractivity contribution < 1.29 is 4.74 Å². The van der Waals surface area contributed by atoms with Crippen LogP contribution in [0.1, 0.15) is 41.5 Å². The van der Waals surface area contributed by atoms with Gasteiger partial charge in [-0.25, -0.2) is 4.98 Å². The van der Waals surface area contributed by atoms with Crippen LogP contribution in [0.15, 0.2) is 12.3 Å². The number of nitrogens with one attached hydrogen (secondary N) is 1. The fourth-order valence-corrected chi connectivity index (χ4v) is 1.13. The summed E-state index contributed by atoms with van der Waals surface area (Å²) in [6.45, 7) is 12.6. The Kier molecular flexibility index (Phi) is 4.32. The van der Waals surface area contributed by atoms with E-state index < -0.39 is 0 Å². The summed E-state index contributed by atoms with van der Waals surface area (Å²) in [6.07, 6.45) is 1.83. The number of nitrogens with zero attached hydrogens (tertiary/aromatic N) is 2. The van der Waals surface area contributed by atoms with E-state index in [4.69, 9.17) is 4.74 Å². The van der Waals surface area contributed by atoms with Crippen molar-refractivity contribution in [3.05, 3.63) is 12.3 Å². The highest BCUT2D eigenvalue weighted by Crippen LogP contribution is 2.21. The molecule has 0 aromatic carbocycles. The van der Waals surface area contributed by atoms with Crippen LogP contribution < -0.4 is 10.1 Å². The molecule has 1 heterocycles. The van der Waals surface area contributed by atoms with Crippen molar-refractivity contribution in [1.82, 2.24) is 9.97 Å². The molecule has 0 saturated heterocycles. The number of hydrogen-bond donors (Lipinski definition) is 1. The lowest BCUT2D eigenvalue weighted by Crippen LogP contribution is -2.31. The third kappa shape index (κ3) is 4.59. The highest BCUT2D eigenvalue weighted by Gasteiger charge is 2.20. The molecule has 0 fully saturated rings. The molecule has 0 spiro atoms. The molecule has 17 heavy (non-hydrogen) atoms. The minimum atomic E-state index is 0.123. The Bertz CT molecular complexity index is 358. The molecule has 0 amide bonds. The zero-order chi connectivity index (χ0) is 13.1. The molecular formula is C13H23N3O. The summed E-state index contributed by atoms with van der Waals surface area (Å²) in [6, 6.07) is 2.06. The molecule has 0 radical (unpaired) electrons. The maximum Gasteiger partial charge on any atom is 0.226 e. The van der Waals surface area contributed by atoms with Crippen molar-refractivity contribution in [1.29, 1.82) is 0 Å². The van der Waals surface area contributed by atoms with Gasteiger partial charge in [-0.3, -0.25) is 0 Å². The van der Waals surface area contributed by atoms with Crippen LogP contribution in [0.3, 0.4) is 0 Å². The molecule has 1 aromatic heterocycles. The predicted octanol–water partition coefficient (Wildman–Crippen LogP) is 3.11. The zero-order valence-electron chi connectivity index (χ0n) is 11.6. The number of hydrogen-bond acceptors (Lipinski definition) is 4. The molecule has 1 unspecified atom stereocenters. The third-order valence-electron chi connectivity index (χ3n) is 2.63. The Labute approximate surface area is 104 Å². The molecule has 0 bridgehead atoms. The Morgan fingerprint density at radius 2 is 1.88 bits per heavy atom. The average Bonchev–Trinajstić information content (AvgIpc) is 2.15. The SMILES string of the molecule is CC(C)Oc1ccnc(NC(C)C(C)(C)C)n1. The van der Waals surface area contributed by atoms with Gasteiger partial charge in [0, 0.05) is 18.3 Å². The van der Waals surface area contributed by atoms with Gasteiger partial charge < -0.3 is 10.1 Å². The van der Waals surface area contributed by atoms with Crippen molar-refractivity contribution in [3.8, 4) is 5.88 Å². The average molecular weight is 237 g/mol. The highest BCUT2D eigenvalue weighted by atomic mass is 16.5. The Morgan fingerprint density at radius 3 is 2.41 bits per heavy atom. The molecule has 1 atom stereocenters. The zero-order valence-corrected chi connectivity index (χ0v) is 11.6. The molecule has 0 aliphatic heterocycles. The first kappa shape index (κ1) is 13.7. The van der Waals surface area contributed by atoms with E-state index in [2.05, 4.69) is 43.0 Å². The van der Waals surface area contributed by atoms with E-state index in [0.29, 0.717) is 11.8 Å². The molecule has 0 aliphatic carbocycles. The first-order valence-electron chi connectivity index (χ1n) is 6.05. The van der Waals surface area contributed by atoms with Crippen LogP contribution in [-0.2, 0) is 0 Å². The second-order valence-corrected chi connectivity index (χ2v) is 5.62. The van der Waals surface area contributed by atoms with E-state index in [1.54, 1.807) is 12.3 Å². The minimum Gasteiger partial charge on any atom is -0.475 e. The second-order valence-electron chi connectivity index (χ2n) is 5.62. The standard InChI is InChI=1S/C13H23N3O/c1-9(2)17-11-7-8-14-12(16-11)15-10(3)13(4,5)6/h7-10H,1-6H3,(H,14,15,16). The van der Waals surface area contributed by atoms with Crippen molar-refractivity contribution in [3.63, 3.8) is 0 Å². The van der Waals surface area contributed by atoms with E-state index in [-0.39, 0.29) is 17.6 Å².